The predicted octanol–water partition coefficient (Wildman–Crippen LogP) is 3.44. The Hall–Kier alpha value is -3.75. The molecule has 0 saturated heterocycles. The summed E-state index contributed by atoms with van der Waals surface area (Å²) < 4.78 is 29.6. The first-order valence-corrected chi connectivity index (χ1v) is 9.29. The highest BCUT2D eigenvalue weighted by Gasteiger charge is 2.40. The van der Waals surface area contributed by atoms with Crippen LogP contribution in [-0.4, -0.2) is 30.6 Å². The average molecular weight is 406 g/mol. The summed E-state index contributed by atoms with van der Waals surface area (Å²) in [6.07, 6.45) is 2.65. The molecule has 3 aromatic heterocycles. The Morgan fingerprint density at radius 3 is 2.73 bits per heavy atom. The lowest BCUT2D eigenvalue weighted by atomic mass is 9.88. The number of pyridine rings is 1. The SMILES string of the molecule is CC1(C)C(=O)Nc2nc(-c3nn(Cc4ccccc4F)c4ncc(F)cc34)ncc21. The summed E-state index contributed by atoms with van der Waals surface area (Å²) in [7, 11) is 0. The zero-order valence-electron chi connectivity index (χ0n) is 16.1. The Morgan fingerprint density at radius 2 is 1.93 bits per heavy atom. The number of nitrogens with one attached hydrogen (secondary N) is 1. The highest BCUT2D eigenvalue weighted by molar-refractivity contribution is 6.04. The molecule has 0 atom stereocenters. The first-order chi connectivity index (χ1) is 14.3. The van der Waals surface area contributed by atoms with Gasteiger partial charge in [0.15, 0.2) is 11.5 Å². The summed E-state index contributed by atoms with van der Waals surface area (Å²) in [6, 6.07) is 7.64. The van der Waals surface area contributed by atoms with Gasteiger partial charge in [-0.25, -0.2) is 28.4 Å². The largest absolute Gasteiger partial charge is 0.310 e. The number of halogens is 2. The van der Waals surface area contributed by atoms with Crippen LogP contribution in [0.15, 0.2) is 42.7 Å². The number of rotatable bonds is 3. The second-order valence-electron chi connectivity index (χ2n) is 7.66. The fourth-order valence-electron chi connectivity index (χ4n) is 3.53. The third-order valence-corrected chi connectivity index (χ3v) is 5.31. The summed E-state index contributed by atoms with van der Waals surface area (Å²) in [4.78, 5) is 25.2. The monoisotopic (exact) mass is 406 g/mol. The number of carbonyl (C=O) groups is 1. The number of benzene rings is 1. The highest BCUT2D eigenvalue weighted by atomic mass is 19.1. The molecular weight excluding hydrogens is 390 g/mol. The summed E-state index contributed by atoms with van der Waals surface area (Å²) in [5.74, 6) is -0.465. The van der Waals surface area contributed by atoms with Crippen LogP contribution in [0.25, 0.3) is 22.6 Å². The second-order valence-corrected chi connectivity index (χ2v) is 7.66. The van der Waals surface area contributed by atoms with Gasteiger partial charge in [0.2, 0.25) is 5.91 Å². The van der Waals surface area contributed by atoms with Crippen molar-refractivity contribution in [3.63, 3.8) is 0 Å². The topological polar surface area (TPSA) is 85.6 Å². The van der Waals surface area contributed by atoms with E-state index in [1.54, 1.807) is 38.2 Å². The van der Waals surface area contributed by atoms with Crippen molar-refractivity contribution in [3.05, 3.63) is 65.5 Å². The maximum absolute atomic E-state index is 14.1. The smallest absolute Gasteiger partial charge is 0.235 e. The third kappa shape index (κ3) is 2.73. The van der Waals surface area contributed by atoms with Gasteiger partial charge in [-0.3, -0.25) is 4.79 Å². The number of amides is 1. The van der Waals surface area contributed by atoms with Crippen molar-refractivity contribution in [1.82, 2.24) is 24.7 Å². The normalized spacial score (nSPS) is 14.7. The van der Waals surface area contributed by atoms with Crippen molar-refractivity contribution in [2.24, 2.45) is 0 Å². The minimum Gasteiger partial charge on any atom is -0.310 e. The first-order valence-electron chi connectivity index (χ1n) is 9.29. The van der Waals surface area contributed by atoms with Crippen LogP contribution in [0.1, 0.15) is 25.0 Å². The Kier molecular flexibility index (Phi) is 3.89. The summed E-state index contributed by atoms with van der Waals surface area (Å²) in [5.41, 5.74) is 1.03. The molecule has 1 aromatic carbocycles. The molecule has 0 fully saturated rings. The standard InChI is InChI=1S/C21H16F2N6O/c1-21(2)14-9-24-18(26-17(14)27-20(21)30)16-13-7-12(22)8-25-19(13)29(28-16)10-11-5-3-4-6-15(11)23/h3-9H,10H2,1-2H3,(H,24,26,27,30). The van der Waals surface area contributed by atoms with E-state index in [0.717, 1.165) is 6.20 Å². The molecule has 0 unspecified atom stereocenters. The molecule has 0 aliphatic carbocycles. The van der Waals surface area contributed by atoms with Crippen LogP contribution in [0.3, 0.4) is 0 Å². The van der Waals surface area contributed by atoms with Crippen LogP contribution >= 0.6 is 0 Å². The van der Waals surface area contributed by atoms with Crippen molar-refractivity contribution < 1.29 is 13.6 Å². The lowest BCUT2D eigenvalue weighted by molar-refractivity contribution is -0.119. The molecule has 0 saturated carbocycles. The van der Waals surface area contributed by atoms with Crippen LogP contribution in [0.4, 0.5) is 14.6 Å². The van der Waals surface area contributed by atoms with E-state index in [1.165, 1.54) is 16.8 Å². The van der Waals surface area contributed by atoms with E-state index in [0.29, 0.717) is 33.7 Å². The molecular formula is C21H16F2N6O. The van der Waals surface area contributed by atoms with Crippen LogP contribution in [-0.2, 0) is 16.8 Å². The molecule has 0 radical (unpaired) electrons. The maximum atomic E-state index is 14.1. The molecule has 9 heteroatoms. The number of carbonyl (C=O) groups excluding carboxylic acids is 1. The van der Waals surface area contributed by atoms with Crippen molar-refractivity contribution in [2.45, 2.75) is 25.8 Å². The minimum absolute atomic E-state index is 0.108. The van der Waals surface area contributed by atoms with Crippen LogP contribution < -0.4 is 5.32 Å². The molecule has 0 bridgehead atoms. The van der Waals surface area contributed by atoms with E-state index in [9.17, 15) is 13.6 Å². The van der Waals surface area contributed by atoms with Gasteiger partial charge in [0.25, 0.3) is 0 Å². The van der Waals surface area contributed by atoms with Crippen molar-refractivity contribution in [1.29, 1.82) is 0 Å². The number of hydrogen-bond donors (Lipinski definition) is 1. The molecule has 1 N–H and O–H groups in total. The molecule has 0 spiro atoms. The van der Waals surface area contributed by atoms with Gasteiger partial charge in [0, 0.05) is 17.3 Å². The van der Waals surface area contributed by atoms with Gasteiger partial charge in [0.1, 0.15) is 23.1 Å². The van der Waals surface area contributed by atoms with E-state index in [-0.39, 0.29) is 24.1 Å². The lowest BCUT2D eigenvalue weighted by Gasteiger charge is -2.13. The third-order valence-electron chi connectivity index (χ3n) is 5.31. The number of anilines is 1. The Labute approximate surface area is 169 Å². The quantitative estimate of drug-likeness (QED) is 0.563. The number of aromatic nitrogens is 5. The van der Waals surface area contributed by atoms with E-state index in [4.69, 9.17) is 0 Å². The fourth-order valence-corrected chi connectivity index (χ4v) is 3.53. The molecule has 1 aliphatic heterocycles. The summed E-state index contributed by atoms with van der Waals surface area (Å²) in [6.45, 7) is 3.68. The number of nitrogens with zero attached hydrogens (tertiary/aromatic N) is 5. The zero-order valence-corrected chi connectivity index (χ0v) is 16.1. The summed E-state index contributed by atoms with van der Waals surface area (Å²) >= 11 is 0. The average Bonchev–Trinajstić information content (AvgIpc) is 3.17. The molecule has 150 valence electrons. The molecule has 1 aliphatic rings. The maximum Gasteiger partial charge on any atom is 0.235 e. The Bertz CT molecular complexity index is 1330. The van der Waals surface area contributed by atoms with Crippen molar-refractivity contribution in [3.8, 4) is 11.5 Å². The van der Waals surface area contributed by atoms with Crippen LogP contribution in [0, 0.1) is 11.6 Å². The Balaban J connectivity index is 1.66. The second kappa shape index (κ2) is 6.38. The van der Waals surface area contributed by atoms with Crippen molar-refractivity contribution >= 4 is 22.8 Å². The zero-order chi connectivity index (χ0) is 21.0. The van der Waals surface area contributed by atoms with Crippen LogP contribution in [0.5, 0.6) is 0 Å². The van der Waals surface area contributed by atoms with Gasteiger partial charge in [0.05, 0.1) is 23.5 Å². The first kappa shape index (κ1) is 18.3. The van der Waals surface area contributed by atoms with Gasteiger partial charge in [-0.05, 0) is 26.0 Å². The van der Waals surface area contributed by atoms with E-state index in [1.807, 2.05) is 0 Å². The van der Waals surface area contributed by atoms with Crippen molar-refractivity contribution in [2.75, 3.05) is 5.32 Å². The molecule has 1 amide bonds. The van der Waals surface area contributed by atoms with Gasteiger partial charge >= 0.3 is 0 Å². The van der Waals surface area contributed by atoms with Gasteiger partial charge in [-0.1, -0.05) is 18.2 Å². The Morgan fingerprint density at radius 1 is 1.13 bits per heavy atom. The van der Waals surface area contributed by atoms with E-state index < -0.39 is 11.2 Å². The van der Waals surface area contributed by atoms with Gasteiger partial charge < -0.3 is 5.32 Å². The van der Waals surface area contributed by atoms with Gasteiger partial charge in [-0.15, -0.1) is 0 Å². The predicted molar refractivity (Wildman–Crippen MR) is 106 cm³/mol. The van der Waals surface area contributed by atoms with Gasteiger partial charge in [-0.2, -0.15) is 5.10 Å². The minimum atomic E-state index is -0.742. The molecule has 4 heterocycles. The van der Waals surface area contributed by atoms with E-state index in [2.05, 4.69) is 25.4 Å². The molecule has 5 rings (SSSR count). The molecule has 30 heavy (non-hydrogen) atoms. The van der Waals surface area contributed by atoms with E-state index >= 15 is 0 Å². The highest BCUT2D eigenvalue weighted by Crippen LogP contribution is 2.37. The van der Waals surface area contributed by atoms with Crippen LogP contribution in [0.2, 0.25) is 0 Å². The number of fused-ring (bicyclic) bond motifs is 2. The molecule has 4 aromatic rings. The molecule has 7 nitrogen and oxygen atoms in total. The fraction of sp³-hybridized carbons (Fsp3) is 0.190. The number of hydrogen-bond acceptors (Lipinski definition) is 5. The lowest BCUT2D eigenvalue weighted by Crippen LogP contribution is -2.26. The summed E-state index contributed by atoms with van der Waals surface area (Å²) in [5, 5.41) is 7.65.